The normalized spacial score (nSPS) is 18.7. The van der Waals surface area contributed by atoms with E-state index in [1.54, 1.807) is 7.11 Å². The highest BCUT2D eigenvalue weighted by atomic mass is 16.7. The number of carbonyl (C=O) groups excluding carboxylic acids is 1. The number of para-hydroxylation sites is 1. The summed E-state index contributed by atoms with van der Waals surface area (Å²) in [6, 6.07) is 13.7. The van der Waals surface area contributed by atoms with Crippen LogP contribution in [0.4, 0.5) is 0 Å². The summed E-state index contributed by atoms with van der Waals surface area (Å²) in [5.74, 6) is 2.41. The van der Waals surface area contributed by atoms with E-state index in [1.807, 2.05) is 47.4 Å². The van der Waals surface area contributed by atoms with Gasteiger partial charge in [-0.3, -0.25) is 4.79 Å². The molecule has 1 amide bonds. The molecule has 4 rings (SSSR count). The number of benzene rings is 2. The minimum Gasteiger partial charge on any atom is -0.496 e. The first-order chi connectivity index (χ1) is 12.7. The van der Waals surface area contributed by atoms with Gasteiger partial charge in [0.05, 0.1) is 19.6 Å². The summed E-state index contributed by atoms with van der Waals surface area (Å²) in [6.45, 7) is 2.33. The molecule has 1 N–H and O–H groups in total. The van der Waals surface area contributed by atoms with Crippen molar-refractivity contribution in [3.8, 4) is 17.2 Å². The van der Waals surface area contributed by atoms with Crippen LogP contribution in [0.1, 0.15) is 17.2 Å². The molecule has 0 spiro atoms. The number of rotatable bonds is 4. The van der Waals surface area contributed by atoms with Crippen LogP contribution in [0.25, 0.3) is 0 Å². The van der Waals surface area contributed by atoms with E-state index in [-0.39, 0.29) is 18.7 Å². The molecule has 2 aliphatic rings. The zero-order valence-corrected chi connectivity index (χ0v) is 14.7. The smallest absolute Gasteiger partial charge is 0.231 e. The van der Waals surface area contributed by atoms with Crippen LogP contribution in [-0.2, 0) is 11.2 Å². The van der Waals surface area contributed by atoms with Crippen LogP contribution in [0, 0.1) is 0 Å². The largest absolute Gasteiger partial charge is 0.496 e. The summed E-state index contributed by atoms with van der Waals surface area (Å²) in [7, 11) is 1.67. The Morgan fingerprint density at radius 2 is 2.08 bits per heavy atom. The molecule has 0 bridgehead atoms. The van der Waals surface area contributed by atoms with Crippen molar-refractivity contribution in [2.45, 2.75) is 12.5 Å². The van der Waals surface area contributed by atoms with Gasteiger partial charge in [0.2, 0.25) is 12.7 Å². The van der Waals surface area contributed by atoms with Crippen LogP contribution in [0.5, 0.6) is 17.2 Å². The predicted molar refractivity (Wildman–Crippen MR) is 96.6 cm³/mol. The third-order valence-electron chi connectivity index (χ3n) is 4.83. The van der Waals surface area contributed by atoms with E-state index in [4.69, 9.17) is 14.2 Å². The van der Waals surface area contributed by atoms with Gasteiger partial charge in [-0.05, 0) is 23.8 Å². The van der Waals surface area contributed by atoms with Crippen molar-refractivity contribution in [2.24, 2.45) is 0 Å². The number of nitrogens with one attached hydrogen (secondary N) is 1. The lowest BCUT2D eigenvalue weighted by atomic mass is 10.0. The molecule has 2 heterocycles. The molecular formula is C20H22N2O4. The molecule has 1 saturated heterocycles. The Balaban J connectivity index is 1.45. The van der Waals surface area contributed by atoms with Crippen LogP contribution in [0.3, 0.4) is 0 Å². The van der Waals surface area contributed by atoms with Crippen molar-refractivity contribution in [2.75, 3.05) is 33.5 Å². The topological polar surface area (TPSA) is 60.0 Å². The average molecular weight is 354 g/mol. The number of ether oxygens (including phenoxy) is 3. The zero-order chi connectivity index (χ0) is 17.9. The third-order valence-corrected chi connectivity index (χ3v) is 4.83. The molecule has 0 saturated carbocycles. The summed E-state index contributed by atoms with van der Waals surface area (Å²) < 4.78 is 16.2. The van der Waals surface area contributed by atoms with Gasteiger partial charge in [0.25, 0.3) is 0 Å². The molecule has 0 radical (unpaired) electrons. The first kappa shape index (κ1) is 16.7. The van der Waals surface area contributed by atoms with Crippen LogP contribution in [-0.4, -0.2) is 44.3 Å². The summed E-state index contributed by atoms with van der Waals surface area (Å²) in [6.07, 6.45) is 0.356. The average Bonchev–Trinajstić information content (AvgIpc) is 3.16. The first-order valence-electron chi connectivity index (χ1n) is 8.77. The molecule has 1 fully saturated rings. The molecule has 0 aromatic heterocycles. The summed E-state index contributed by atoms with van der Waals surface area (Å²) >= 11 is 0. The predicted octanol–water partition coefficient (Wildman–Crippen LogP) is 2.14. The van der Waals surface area contributed by atoms with Gasteiger partial charge in [0.15, 0.2) is 11.5 Å². The Kier molecular flexibility index (Phi) is 4.67. The second-order valence-corrected chi connectivity index (χ2v) is 6.45. The van der Waals surface area contributed by atoms with Gasteiger partial charge in [-0.25, -0.2) is 0 Å². The lowest BCUT2D eigenvalue weighted by Crippen LogP contribution is -2.48. The molecule has 26 heavy (non-hydrogen) atoms. The number of methoxy groups -OCH3 is 1. The van der Waals surface area contributed by atoms with Gasteiger partial charge >= 0.3 is 0 Å². The molecule has 1 unspecified atom stereocenters. The van der Waals surface area contributed by atoms with Gasteiger partial charge in [-0.1, -0.05) is 24.3 Å². The Morgan fingerprint density at radius 1 is 1.23 bits per heavy atom. The number of hydrogen-bond donors (Lipinski definition) is 1. The minimum atomic E-state index is 0.0700. The van der Waals surface area contributed by atoms with Gasteiger partial charge < -0.3 is 24.4 Å². The number of amides is 1. The van der Waals surface area contributed by atoms with Gasteiger partial charge in [0, 0.05) is 25.2 Å². The molecule has 0 aliphatic carbocycles. The molecule has 6 nitrogen and oxygen atoms in total. The fourth-order valence-electron chi connectivity index (χ4n) is 3.48. The Morgan fingerprint density at radius 3 is 2.96 bits per heavy atom. The third kappa shape index (κ3) is 3.32. The van der Waals surface area contributed by atoms with Crippen molar-refractivity contribution in [1.29, 1.82) is 0 Å². The quantitative estimate of drug-likeness (QED) is 0.912. The van der Waals surface area contributed by atoms with E-state index in [0.29, 0.717) is 25.3 Å². The van der Waals surface area contributed by atoms with Crippen LogP contribution in [0.15, 0.2) is 42.5 Å². The molecule has 6 heteroatoms. The number of nitrogens with zero attached hydrogens (tertiary/aromatic N) is 1. The lowest BCUT2D eigenvalue weighted by molar-refractivity contribution is -0.131. The number of carbonyl (C=O) groups is 1. The number of hydrogen-bond acceptors (Lipinski definition) is 5. The van der Waals surface area contributed by atoms with Crippen molar-refractivity contribution < 1.29 is 19.0 Å². The maximum absolute atomic E-state index is 12.8. The van der Waals surface area contributed by atoms with Crippen molar-refractivity contribution >= 4 is 5.91 Å². The van der Waals surface area contributed by atoms with Crippen LogP contribution in [0.2, 0.25) is 0 Å². The van der Waals surface area contributed by atoms with E-state index in [1.165, 1.54) is 0 Å². The van der Waals surface area contributed by atoms with E-state index in [0.717, 1.165) is 29.2 Å². The Bertz CT molecular complexity index is 808. The maximum atomic E-state index is 12.8. The van der Waals surface area contributed by atoms with E-state index < -0.39 is 0 Å². The van der Waals surface area contributed by atoms with E-state index in [9.17, 15) is 4.79 Å². The second kappa shape index (κ2) is 7.25. The molecular weight excluding hydrogens is 332 g/mol. The second-order valence-electron chi connectivity index (χ2n) is 6.45. The molecule has 2 aromatic rings. The summed E-state index contributed by atoms with van der Waals surface area (Å²) in [4.78, 5) is 14.7. The van der Waals surface area contributed by atoms with Gasteiger partial charge in [-0.2, -0.15) is 0 Å². The van der Waals surface area contributed by atoms with E-state index in [2.05, 4.69) is 5.32 Å². The Hall–Kier alpha value is -2.73. The van der Waals surface area contributed by atoms with Crippen molar-refractivity contribution in [3.63, 3.8) is 0 Å². The van der Waals surface area contributed by atoms with Crippen LogP contribution < -0.4 is 19.5 Å². The summed E-state index contributed by atoms with van der Waals surface area (Å²) in [5, 5.41) is 3.48. The fraction of sp³-hybridized carbons (Fsp3) is 0.350. The molecule has 136 valence electrons. The number of fused-ring (bicyclic) bond motifs is 1. The summed E-state index contributed by atoms with van der Waals surface area (Å²) in [5.41, 5.74) is 2.02. The Labute approximate surface area is 152 Å². The van der Waals surface area contributed by atoms with Crippen molar-refractivity contribution in [3.05, 3.63) is 53.6 Å². The fourth-order valence-corrected chi connectivity index (χ4v) is 3.48. The van der Waals surface area contributed by atoms with E-state index >= 15 is 0 Å². The number of piperazine rings is 1. The monoisotopic (exact) mass is 354 g/mol. The van der Waals surface area contributed by atoms with Gasteiger partial charge in [0.1, 0.15) is 5.75 Å². The highest BCUT2D eigenvalue weighted by Gasteiger charge is 2.26. The first-order valence-corrected chi connectivity index (χ1v) is 8.77. The maximum Gasteiger partial charge on any atom is 0.231 e. The van der Waals surface area contributed by atoms with Crippen LogP contribution >= 0.6 is 0 Å². The molecule has 1 atom stereocenters. The lowest BCUT2D eigenvalue weighted by Gasteiger charge is -2.34. The highest BCUT2D eigenvalue weighted by molar-refractivity contribution is 5.79. The van der Waals surface area contributed by atoms with Gasteiger partial charge in [-0.15, -0.1) is 0 Å². The molecule has 2 aromatic carbocycles. The SMILES string of the molecule is COc1ccccc1C1CN(C(=O)Cc2ccc3c(c2)OCO3)CCN1. The highest BCUT2D eigenvalue weighted by Crippen LogP contribution is 2.33. The molecule has 2 aliphatic heterocycles. The van der Waals surface area contributed by atoms with Crippen molar-refractivity contribution in [1.82, 2.24) is 10.2 Å². The zero-order valence-electron chi connectivity index (χ0n) is 14.7. The standard InChI is InChI=1S/C20H22N2O4/c1-24-17-5-3-2-4-15(17)16-12-22(9-8-21-16)20(23)11-14-6-7-18-19(10-14)26-13-25-18/h2-7,10,16,21H,8-9,11-13H2,1H3. The minimum absolute atomic E-state index is 0.0700.